The number of rotatable bonds is 7. The Labute approximate surface area is 149 Å². The number of nitrogens with zero attached hydrogens (tertiary/aromatic N) is 1. The monoisotopic (exact) mass is 345 g/mol. The molecule has 0 N–H and O–H groups in total. The van der Waals surface area contributed by atoms with Crippen LogP contribution in [0.1, 0.15) is 45.1 Å². The lowest BCUT2D eigenvalue weighted by Gasteiger charge is -2.19. The van der Waals surface area contributed by atoms with Gasteiger partial charge in [-0.15, -0.1) is 0 Å². The SMILES string of the molecule is CCOC(=O)CC(=O)N1CC[C@H](COc2ccccc2C2(C)CC2)C1. The molecule has 1 aromatic carbocycles. The van der Waals surface area contributed by atoms with Gasteiger partial charge in [-0.3, -0.25) is 9.59 Å². The number of hydrogen-bond acceptors (Lipinski definition) is 4. The summed E-state index contributed by atoms with van der Waals surface area (Å²) in [6.45, 7) is 6.27. The van der Waals surface area contributed by atoms with Crippen molar-refractivity contribution in [3.05, 3.63) is 29.8 Å². The number of carbonyl (C=O) groups is 2. The summed E-state index contributed by atoms with van der Waals surface area (Å²) >= 11 is 0. The molecule has 0 spiro atoms. The molecule has 25 heavy (non-hydrogen) atoms. The van der Waals surface area contributed by atoms with E-state index in [1.54, 1.807) is 11.8 Å². The average molecular weight is 345 g/mol. The Bertz CT molecular complexity index is 638. The molecule has 0 radical (unpaired) electrons. The molecule has 1 saturated heterocycles. The number of carbonyl (C=O) groups excluding carboxylic acids is 2. The van der Waals surface area contributed by atoms with Crippen LogP contribution in [0.15, 0.2) is 24.3 Å². The van der Waals surface area contributed by atoms with Crippen LogP contribution >= 0.6 is 0 Å². The zero-order valence-electron chi connectivity index (χ0n) is 15.1. The number of ether oxygens (including phenoxy) is 2. The second-order valence-corrected chi connectivity index (χ2v) is 7.34. The van der Waals surface area contributed by atoms with Crippen LogP contribution in [0.4, 0.5) is 0 Å². The molecule has 1 amide bonds. The summed E-state index contributed by atoms with van der Waals surface area (Å²) in [6, 6.07) is 8.27. The van der Waals surface area contributed by atoms with Crippen LogP contribution in [0.2, 0.25) is 0 Å². The first-order valence-corrected chi connectivity index (χ1v) is 9.17. The molecule has 0 unspecified atom stereocenters. The maximum atomic E-state index is 12.1. The highest BCUT2D eigenvalue weighted by atomic mass is 16.5. The normalized spacial score (nSPS) is 21.0. The summed E-state index contributed by atoms with van der Waals surface area (Å²) < 4.78 is 10.9. The van der Waals surface area contributed by atoms with Crippen LogP contribution in [0.3, 0.4) is 0 Å². The van der Waals surface area contributed by atoms with E-state index in [4.69, 9.17) is 9.47 Å². The fourth-order valence-corrected chi connectivity index (χ4v) is 3.40. The lowest BCUT2D eigenvalue weighted by molar-refractivity contribution is -0.148. The van der Waals surface area contributed by atoms with Crippen molar-refractivity contribution in [1.82, 2.24) is 4.90 Å². The fourth-order valence-electron chi connectivity index (χ4n) is 3.40. The molecular weight excluding hydrogens is 318 g/mol. The van der Waals surface area contributed by atoms with Crippen LogP contribution in [0.25, 0.3) is 0 Å². The second kappa shape index (κ2) is 7.46. The van der Waals surface area contributed by atoms with E-state index >= 15 is 0 Å². The zero-order valence-corrected chi connectivity index (χ0v) is 15.1. The Morgan fingerprint density at radius 1 is 1.28 bits per heavy atom. The van der Waals surface area contributed by atoms with Gasteiger partial charge in [0.2, 0.25) is 5.91 Å². The van der Waals surface area contributed by atoms with Crippen molar-refractivity contribution in [2.45, 2.75) is 44.9 Å². The van der Waals surface area contributed by atoms with E-state index in [-0.39, 0.29) is 17.7 Å². The van der Waals surface area contributed by atoms with Gasteiger partial charge in [-0.2, -0.15) is 0 Å². The Morgan fingerprint density at radius 3 is 2.76 bits per heavy atom. The summed E-state index contributed by atoms with van der Waals surface area (Å²) in [4.78, 5) is 25.3. The molecule has 1 aliphatic heterocycles. The second-order valence-electron chi connectivity index (χ2n) is 7.34. The number of para-hydroxylation sites is 1. The summed E-state index contributed by atoms with van der Waals surface area (Å²) in [6.07, 6.45) is 3.18. The quantitative estimate of drug-likeness (QED) is 0.563. The highest BCUT2D eigenvalue weighted by molar-refractivity contribution is 5.94. The van der Waals surface area contributed by atoms with E-state index in [2.05, 4.69) is 19.1 Å². The molecule has 1 aliphatic carbocycles. The summed E-state index contributed by atoms with van der Waals surface area (Å²) in [7, 11) is 0. The molecule has 1 atom stereocenters. The van der Waals surface area contributed by atoms with Crippen molar-refractivity contribution < 1.29 is 19.1 Å². The van der Waals surface area contributed by atoms with Crippen LogP contribution in [-0.2, 0) is 19.7 Å². The Balaban J connectivity index is 1.49. The first-order valence-electron chi connectivity index (χ1n) is 9.17. The van der Waals surface area contributed by atoms with Gasteiger partial charge in [-0.1, -0.05) is 25.1 Å². The van der Waals surface area contributed by atoms with Gasteiger partial charge >= 0.3 is 5.97 Å². The molecule has 2 aliphatic rings. The van der Waals surface area contributed by atoms with E-state index in [0.29, 0.717) is 32.2 Å². The minimum atomic E-state index is -0.446. The predicted molar refractivity (Wildman–Crippen MR) is 94.5 cm³/mol. The zero-order chi connectivity index (χ0) is 17.9. The Kier molecular flexibility index (Phi) is 5.30. The summed E-state index contributed by atoms with van der Waals surface area (Å²) in [5.74, 6) is 0.690. The lowest BCUT2D eigenvalue weighted by Crippen LogP contribution is -2.31. The minimum absolute atomic E-state index is 0.146. The molecule has 1 heterocycles. The fraction of sp³-hybridized carbons (Fsp3) is 0.600. The van der Waals surface area contributed by atoms with Crippen molar-refractivity contribution >= 4 is 11.9 Å². The molecule has 3 rings (SSSR count). The number of hydrogen-bond donors (Lipinski definition) is 0. The number of esters is 1. The van der Waals surface area contributed by atoms with Gasteiger partial charge < -0.3 is 14.4 Å². The van der Waals surface area contributed by atoms with Crippen LogP contribution < -0.4 is 4.74 Å². The highest BCUT2D eigenvalue weighted by Gasteiger charge is 2.41. The molecule has 136 valence electrons. The Hall–Kier alpha value is -2.04. The van der Waals surface area contributed by atoms with Crippen molar-refractivity contribution in [3.8, 4) is 5.75 Å². The third-order valence-electron chi connectivity index (χ3n) is 5.25. The summed E-state index contributed by atoms with van der Waals surface area (Å²) in [5.41, 5.74) is 1.57. The van der Waals surface area contributed by atoms with Gasteiger partial charge in [-0.25, -0.2) is 0 Å². The average Bonchev–Trinajstić information content (AvgIpc) is 3.17. The van der Waals surface area contributed by atoms with E-state index in [0.717, 1.165) is 12.2 Å². The van der Waals surface area contributed by atoms with Gasteiger partial charge in [0.1, 0.15) is 12.2 Å². The molecule has 0 bridgehead atoms. The van der Waals surface area contributed by atoms with Gasteiger partial charge in [0.05, 0.1) is 13.2 Å². The van der Waals surface area contributed by atoms with Gasteiger partial charge in [0.15, 0.2) is 0 Å². The van der Waals surface area contributed by atoms with Gasteiger partial charge in [0.25, 0.3) is 0 Å². The Morgan fingerprint density at radius 2 is 2.04 bits per heavy atom. The highest BCUT2D eigenvalue weighted by Crippen LogP contribution is 2.50. The van der Waals surface area contributed by atoms with Crippen molar-refractivity contribution in [1.29, 1.82) is 0 Å². The molecule has 5 nitrogen and oxygen atoms in total. The van der Waals surface area contributed by atoms with Crippen molar-refractivity contribution in [2.24, 2.45) is 5.92 Å². The largest absolute Gasteiger partial charge is 0.493 e. The maximum absolute atomic E-state index is 12.1. The van der Waals surface area contributed by atoms with Crippen LogP contribution in [-0.4, -0.2) is 43.1 Å². The number of amides is 1. The first-order chi connectivity index (χ1) is 12.0. The molecule has 0 aromatic heterocycles. The van der Waals surface area contributed by atoms with Crippen LogP contribution in [0, 0.1) is 5.92 Å². The first kappa shape index (κ1) is 17.8. The maximum Gasteiger partial charge on any atom is 0.315 e. The predicted octanol–water partition coefficient (Wildman–Crippen LogP) is 2.92. The third kappa shape index (κ3) is 4.33. The third-order valence-corrected chi connectivity index (χ3v) is 5.25. The number of benzene rings is 1. The molecule has 1 aromatic rings. The molecular formula is C20H27NO4. The molecule has 2 fully saturated rings. The van der Waals surface area contributed by atoms with E-state index < -0.39 is 5.97 Å². The topological polar surface area (TPSA) is 55.8 Å². The standard InChI is InChI=1S/C20H27NO4/c1-3-24-19(23)12-18(22)21-11-8-15(13-21)14-25-17-7-5-4-6-16(17)20(2)9-10-20/h4-7,15H,3,8-14H2,1-2H3/t15-/m0/s1. The van der Waals surface area contributed by atoms with Crippen molar-refractivity contribution in [2.75, 3.05) is 26.3 Å². The van der Waals surface area contributed by atoms with Crippen LogP contribution in [0.5, 0.6) is 5.75 Å². The van der Waals surface area contributed by atoms with Crippen molar-refractivity contribution in [3.63, 3.8) is 0 Å². The van der Waals surface area contributed by atoms with Gasteiger partial charge in [-0.05, 0) is 37.7 Å². The minimum Gasteiger partial charge on any atom is -0.493 e. The number of likely N-dealkylation sites (tertiary alicyclic amines) is 1. The molecule has 5 heteroatoms. The molecule has 1 saturated carbocycles. The summed E-state index contributed by atoms with van der Waals surface area (Å²) in [5, 5.41) is 0. The van der Waals surface area contributed by atoms with E-state index in [1.165, 1.54) is 18.4 Å². The van der Waals surface area contributed by atoms with E-state index in [1.807, 2.05) is 12.1 Å². The van der Waals surface area contributed by atoms with Gasteiger partial charge in [0, 0.05) is 24.6 Å². The smallest absolute Gasteiger partial charge is 0.315 e. The lowest BCUT2D eigenvalue weighted by atomic mass is 9.97. The van der Waals surface area contributed by atoms with E-state index in [9.17, 15) is 9.59 Å².